The van der Waals surface area contributed by atoms with E-state index in [4.69, 9.17) is 5.26 Å². The van der Waals surface area contributed by atoms with Gasteiger partial charge in [-0.3, -0.25) is 0 Å². The third-order valence-corrected chi connectivity index (χ3v) is 4.18. The lowest BCUT2D eigenvalue weighted by Crippen LogP contribution is -2.35. The van der Waals surface area contributed by atoms with Gasteiger partial charge in [-0.2, -0.15) is 5.26 Å². The summed E-state index contributed by atoms with van der Waals surface area (Å²) < 4.78 is 0. The van der Waals surface area contributed by atoms with Crippen LogP contribution in [0, 0.1) is 17.2 Å². The van der Waals surface area contributed by atoms with Crippen LogP contribution >= 0.6 is 0 Å². The molecule has 0 radical (unpaired) electrons. The van der Waals surface area contributed by atoms with Crippen LogP contribution in [0.1, 0.15) is 37.7 Å². The van der Waals surface area contributed by atoms with Crippen molar-refractivity contribution in [1.82, 2.24) is 4.98 Å². The van der Waals surface area contributed by atoms with Gasteiger partial charge < -0.3 is 4.90 Å². The van der Waals surface area contributed by atoms with Gasteiger partial charge in [-0.15, -0.1) is 0 Å². The molecule has 1 aromatic heterocycles. The molecule has 0 aromatic carbocycles. The number of nitriles is 1. The molecule has 0 spiro atoms. The first-order chi connectivity index (χ1) is 8.38. The van der Waals surface area contributed by atoms with Crippen molar-refractivity contribution in [2.45, 2.75) is 38.1 Å². The third kappa shape index (κ3) is 1.88. The van der Waals surface area contributed by atoms with Crippen molar-refractivity contribution in [3.8, 4) is 6.07 Å². The van der Waals surface area contributed by atoms with Crippen LogP contribution in [0.2, 0.25) is 0 Å². The van der Waals surface area contributed by atoms with Gasteiger partial charge in [-0.25, -0.2) is 4.98 Å². The average molecular weight is 227 g/mol. The lowest BCUT2D eigenvalue weighted by molar-refractivity contribution is 0.341. The molecule has 0 N–H and O–H groups in total. The molecule has 3 rings (SSSR count). The first kappa shape index (κ1) is 10.6. The molecule has 1 saturated carbocycles. The number of fused-ring (bicyclic) bond motifs is 1. The van der Waals surface area contributed by atoms with Gasteiger partial charge in [0.1, 0.15) is 5.82 Å². The molecule has 0 amide bonds. The Kier molecular flexibility index (Phi) is 2.72. The smallest absolute Gasteiger partial charge is 0.130 e. The van der Waals surface area contributed by atoms with Crippen LogP contribution < -0.4 is 4.90 Å². The largest absolute Gasteiger partial charge is 0.353 e. The summed E-state index contributed by atoms with van der Waals surface area (Å²) in [6, 6.07) is 6.57. The number of aromatic nitrogens is 1. The van der Waals surface area contributed by atoms with E-state index in [0.29, 0.717) is 11.6 Å². The molecule has 2 heterocycles. The zero-order valence-corrected chi connectivity index (χ0v) is 9.97. The van der Waals surface area contributed by atoms with Crippen molar-refractivity contribution in [3.05, 3.63) is 23.9 Å². The molecule has 17 heavy (non-hydrogen) atoms. The molecule has 2 fully saturated rings. The average Bonchev–Trinajstić information content (AvgIpc) is 2.82. The number of anilines is 1. The van der Waals surface area contributed by atoms with Crippen LogP contribution in [0.5, 0.6) is 0 Å². The Bertz CT molecular complexity index is 449. The van der Waals surface area contributed by atoms with Crippen LogP contribution in [0.25, 0.3) is 0 Å². The van der Waals surface area contributed by atoms with Crippen molar-refractivity contribution in [2.24, 2.45) is 5.92 Å². The second-order valence-electron chi connectivity index (χ2n) is 5.11. The number of hydrogen-bond acceptors (Lipinski definition) is 3. The highest BCUT2D eigenvalue weighted by molar-refractivity contribution is 5.47. The van der Waals surface area contributed by atoms with Crippen LogP contribution in [0.4, 0.5) is 5.82 Å². The monoisotopic (exact) mass is 227 g/mol. The normalized spacial score (nSPS) is 27.6. The summed E-state index contributed by atoms with van der Waals surface area (Å²) in [6.07, 6.45) is 8.45. The molecule has 2 atom stereocenters. The van der Waals surface area contributed by atoms with E-state index in [9.17, 15) is 0 Å². The molecule has 0 bridgehead atoms. The van der Waals surface area contributed by atoms with Gasteiger partial charge in [0, 0.05) is 18.8 Å². The standard InChI is InChI=1S/C14H17N3/c15-10-11-5-7-16-14(9-11)17-8-6-12-3-1-2-4-13(12)17/h5,7,9,12-13H,1-4,6,8H2. The predicted octanol–water partition coefficient (Wildman–Crippen LogP) is 2.72. The second kappa shape index (κ2) is 4.37. The summed E-state index contributed by atoms with van der Waals surface area (Å²) >= 11 is 0. The summed E-state index contributed by atoms with van der Waals surface area (Å²) in [5.41, 5.74) is 0.717. The Morgan fingerprint density at radius 1 is 1.29 bits per heavy atom. The molecule has 1 saturated heterocycles. The van der Waals surface area contributed by atoms with Crippen LogP contribution in [0.3, 0.4) is 0 Å². The highest BCUT2D eigenvalue weighted by atomic mass is 15.2. The molecule has 88 valence electrons. The van der Waals surface area contributed by atoms with Crippen molar-refractivity contribution >= 4 is 5.82 Å². The molecule has 2 aliphatic rings. The molecule has 1 aliphatic heterocycles. The van der Waals surface area contributed by atoms with Gasteiger partial charge in [-0.1, -0.05) is 12.8 Å². The number of rotatable bonds is 1. The molecule has 3 heteroatoms. The molecular weight excluding hydrogens is 210 g/mol. The van der Waals surface area contributed by atoms with Crippen molar-refractivity contribution in [1.29, 1.82) is 5.26 Å². The Hall–Kier alpha value is -1.56. The van der Waals surface area contributed by atoms with E-state index in [0.717, 1.165) is 18.3 Å². The van der Waals surface area contributed by atoms with E-state index in [2.05, 4.69) is 16.0 Å². The lowest BCUT2D eigenvalue weighted by Gasteiger charge is -2.32. The van der Waals surface area contributed by atoms with E-state index in [1.54, 1.807) is 12.3 Å². The predicted molar refractivity (Wildman–Crippen MR) is 66.7 cm³/mol. The van der Waals surface area contributed by atoms with E-state index in [-0.39, 0.29) is 0 Å². The second-order valence-corrected chi connectivity index (χ2v) is 5.11. The van der Waals surface area contributed by atoms with Gasteiger partial charge in [0.2, 0.25) is 0 Å². The topological polar surface area (TPSA) is 39.9 Å². The summed E-state index contributed by atoms with van der Waals surface area (Å²) in [5.74, 6) is 1.86. The summed E-state index contributed by atoms with van der Waals surface area (Å²) in [4.78, 5) is 6.86. The fraction of sp³-hybridized carbons (Fsp3) is 0.571. The van der Waals surface area contributed by atoms with Gasteiger partial charge in [0.25, 0.3) is 0 Å². The van der Waals surface area contributed by atoms with Gasteiger partial charge in [-0.05, 0) is 37.3 Å². The maximum Gasteiger partial charge on any atom is 0.130 e. The first-order valence-corrected chi connectivity index (χ1v) is 6.51. The van der Waals surface area contributed by atoms with Crippen LogP contribution in [-0.2, 0) is 0 Å². The quantitative estimate of drug-likeness (QED) is 0.740. The molecule has 2 unspecified atom stereocenters. The number of nitrogens with zero attached hydrogens (tertiary/aromatic N) is 3. The van der Waals surface area contributed by atoms with E-state index in [1.807, 2.05) is 6.07 Å². The zero-order valence-electron chi connectivity index (χ0n) is 9.97. The Morgan fingerprint density at radius 2 is 2.18 bits per heavy atom. The summed E-state index contributed by atoms with van der Waals surface area (Å²) in [7, 11) is 0. The summed E-state index contributed by atoms with van der Waals surface area (Å²) in [6.45, 7) is 1.11. The van der Waals surface area contributed by atoms with E-state index >= 15 is 0 Å². The zero-order chi connectivity index (χ0) is 11.7. The Morgan fingerprint density at radius 3 is 3.06 bits per heavy atom. The Labute approximate surface area is 102 Å². The van der Waals surface area contributed by atoms with E-state index < -0.39 is 0 Å². The third-order valence-electron chi connectivity index (χ3n) is 4.18. The summed E-state index contributed by atoms with van der Waals surface area (Å²) in [5, 5.41) is 8.94. The van der Waals surface area contributed by atoms with Crippen molar-refractivity contribution in [3.63, 3.8) is 0 Å². The minimum absolute atomic E-state index is 0.671. The molecular formula is C14H17N3. The molecule has 1 aromatic rings. The van der Waals surface area contributed by atoms with Gasteiger partial charge in [0.15, 0.2) is 0 Å². The SMILES string of the molecule is N#Cc1ccnc(N2CCC3CCCCC32)c1. The fourth-order valence-electron chi connectivity index (χ4n) is 3.34. The molecule has 1 aliphatic carbocycles. The first-order valence-electron chi connectivity index (χ1n) is 6.51. The highest BCUT2D eigenvalue weighted by Crippen LogP contribution is 2.38. The van der Waals surface area contributed by atoms with Crippen LogP contribution in [0.15, 0.2) is 18.3 Å². The van der Waals surface area contributed by atoms with Gasteiger partial charge in [0.05, 0.1) is 11.6 Å². The molecule has 3 nitrogen and oxygen atoms in total. The van der Waals surface area contributed by atoms with Gasteiger partial charge >= 0.3 is 0 Å². The maximum atomic E-state index is 8.94. The highest BCUT2D eigenvalue weighted by Gasteiger charge is 2.36. The minimum atomic E-state index is 0.671. The number of pyridine rings is 1. The fourth-order valence-corrected chi connectivity index (χ4v) is 3.34. The van der Waals surface area contributed by atoms with Crippen LogP contribution in [-0.4, -0.2) is 17.6 Å². The van der Waals surface area contributed by atoms with E-state index in [1.165, 1.54) is 32.1 Å². The minimum Gasteiger partial charge on any atom is -0.353 e. The lowest BCUT2D eigenvalue weighted by atomic mass is 9.85. The van der Waals surface area contributed by atoms with Crippen molar-refractivity contribution in [2.75, 3.05) is 11.4 Å². The number of hydrogen-bond donors (Lipinski definition) is 0. The van der Waals surface area contributed by atoms with Crippen molar-refractivity contribution < 1.29 is 0 Å². The Balaban J connectivity index is 1.86. The maximum absolute atomic E-state index is 8.94.